The topological polar surface area (TPSA) is 68.5 Å². The van der Waals surface area contributed by atoms with Crippen LogP contribution in [0.1, 0.15) is 28.5 Å². The Morgan fingerprint density at radius 3 is 2.52 bits per heavy atom. The molecule has 3 rings (SSSR count). The molecule has 0 saturated carbocycles. The Balaban J connectivity index is 1.74. The van der Waals surface area contributed by atoms with Crippen LogP contribution in [-0.4, -0.2) is 25.2 Å². The maximum atomic E-state index is 4.59. The zero-order chi connectivity index (χ0) is 14.8. The van der Waals surface area contributed by atoms with E-state index < -0.39 is 0 Å². The smallest absolute Gasteiger partial charge is 0.143 e. The van der Waals surface area contributed by atoms with Crippen LogP contribution in [0.25, 0.3) is 5.69 Å². The van der Waals surface area contributed by atoms with Crippen LogP contribution in [0.3, 0.4) is 0 Å². The molecule has 2 aromatic heterocycles. The molecule has 7 heteroatoms. The van der Waals surface area contributed by atoms with Crippen molar-refractivity contribution in [2.75, 3.05) is 5.32 Å². The maximum Gasteiger partial charge on any atom is 0.143 e. The lowest BCUT2D eigenvalue weighted by atomic mass is 10.2. The SMILES string of the molecule is Cc1nc(C(C)Nc2ccc(-n3cnnn3)cc2)c(C)s1. The van der Waals surface area contributed by atoms with Gasteiger partial charge in [0.2, 0.25) is 0 Å². The van der Waals surface area contributed by atoms with Crippen molar-refractivity contribution >= 4 is 17.0 Å². The third kappa shape index (κ3) is 2.92. The Morgan fingerprint density at radius 1 is 1.19 bits per heavy atom. The van der Waals surface area contributed by atoms with Crippen molar-refractivity contribution in [2.24, 2.45) is 0 Å². The van der Waals surface area contributed by atoms with Crippen molar-refractivity contribution in [2.45, 2.75) is 26.8 Å². The molecule has 0 aliphatic rings. The van der Waals surface area contributed by atoms with Gasteiger partial charge in [-0.05, 0) is 55.5 Å². The summed E-state index contributed by atoms with van der Waals surface area (Å²) in [6, 6.07) is 8.16. The zero-order valence-electron chi connectivity index (χ0n) is 12.1. The predicted octanol–water partition coefficient (Wildman–Crippen LogP) is 2.91. The fourth-order valence-electron chi connectivity index (χ4n) is 2.26. The van der Waals surface area contributed by atoms with Crippen molar-refractivity contribution in [1.82, 2.24) is 25.2 Å². The number of benzene rings is 1. The number of anilines is 1. The molecule has 0 saturated heterocycles. The Hall–Kier alpha value is -2.28. The van der Waals surface area contributed by atoms with Crippen molar-refractivity contribution < 1.29 is 0 Å². The van der Waals surface area contributed by atoms with Crippen LogP contribution < -0.4 is 5.32 Å². The minimum Gasteiger partial charge on any atom is -0.377 e. The average molecular weight is 300 g/mol. The summed E-state index contributed by atoms with van der Waals surface area (Å²) < 4.78 is 1.63. The number of thiazole rings is 1. The van der Waals surface area contributed by atoms with Gasteiger partial charge in [0.1, 0.15) is 6.33 Å². The summed E-state index contributed by atoms with van der Waals surface area (Å²) >= 11 is 1.73. The Kier molecular flexibility index (Phi) is 3.66. The normalized spacial score (nSPS) is 12.3. The molecule has 21 heavy (non-hydrogen) atoms. The maximum absolute atomic E-state index is 4.59. The number of hydrogen-bond acceptors (Lipinski definition) is 6. The average Bonchev–Trinajstić information content (AvgIpc) is 3.09. The first-order chi connectivity index (χ1) is 10.1. The van der Waals surface area contributed by atoms with Gasteiger partial charge in [0.05, 0.1) is 22.4 Å². The fourth-order valence-corrected chi connectivity index (χ4v) is 3.17. The van der Waals surface area contributed by atoms with E-state index >= 15 is 0 Å². The van der Waals surface area contributed by atoms with E-state index in [9.17, 15) is 0 Å². The number of hydrogen-bond donors (Lipinski definition) is 1. The summed E-state index contributed by atoms with van der Waals surface area (Å²) in [4.78, 5) is 5.85. The molecular formula is C14H16N6S. The fraction of sp³-hybridized carbons (Fsp3) is 0.286. The highest BCUT2D eigenvalue weighted by Gasteiger charge is 2.12. The Bertz CT molecular complexity index is 717. The summed E-state index contributed by atoms with van der Waals surface area (Å²) in [5.74, 6) is 0. The Morgan fingerprint density at radius 2 is 1.95 bits per heavy atom. The molecule has 0 radical (unpaired) electrons. The predicted molar refractivity (Wildman–Crippen MR) is 82.8 cm³/mol. The second-order valence-electron chi connectivity index (χ2n) is 4.84. The van der Waals surface area contributed by atoms with Crippen LogP contribution in [0.2, 0.25) is 0 Å². The van der Waals surface area contributed by atoms with Gasteiger partial charge in [0.25, 0.3) is 0 Å². The van der Waals surface area contributed by atoms with Crippen molar-refractivity contribution in [3.8, 4) is 5.69 Å². The third-order valence-electron chi connectivity index (χ3n) is 3.21. The van der Waals surface area contributed by atoms with Crippen LogP contribution in [-0.2, 0) is 0 Å². The van der Waals surface area contributed by atoms with Crippen LogP contribution in [0.15, 0.2) is 30.6 Å². The monoisotopic (exact) mass is 300 g/mol. The van der Waals surface area contributed by atoms with Gasteiger partial charge in [-0.3, -0.25) is 0 Å². The lowest BCUT2D eigenvalue weighted by Gasteiger charge is -2.14. The minimum absolute atomic E-state index is 0.175. The van der Waals surface area contributed by atoms with Crippen LogP contribution in [0, 0.1) is 13.8 Å². The molecule has 0 aliphatic carbocycles. The van der Waals surface area contributed by atoms with E-state index in [1.807, 2.05) is 31.2 Å². The second-order valence-corrected chi connectivity index (χ2v) is 6.25. The lowest BCUT2D eigenvalue weighted by Crippen LogP contribution is -2.08. The Labute approximate surface area is 126 Å². The van der Waals surface area contributed by atoms with Crippen molar-refractivity contribution in [1.29, 1.82) is 0 Å². The van der Waals surface area contributed by atoms with E-state index in [0.717, 1.165) is 22.1 Å². The summed E-state index contributed by atoms with van der Waals surface area (Å²) in [6.07, 6.45) is 1.58. The summed E-state index contributed by atoms with van der Waals surface area (Å²) in [5.41, 5.74) is 3.09. The number of nitrogens with zero attached hydrogens (tertiary/aromatic N) is 5. The number of tetrazole rings is 1. The number of rotatable bonds is 4. The first-order valence-corrected chi connectivity index (χ1v) is 7.49. The van der Waals surface area contributed by atoms with Crippen LogP contribution in [0.4, 0.5) is 5.69 Å². The molecule has 0 amide bonds. The van der Waals surface area contributed by atoms with Gasteiger partial charge in [-0.1, -0.05) is 0 Å². The molecule has 0 fully saturated rings. The first kappa shape index (κ1) is 13.7. The molecule has 0 aliphatic heterocycles. The van der Waals surface area contributed by atoms with Gasteiger partial charge in [-0.25, -0.2) is 9.67 Å². The van der Waals surface area contributed by atoms with E-state index in [2.05, 4.69) is 39.7 Å². The highest BCUT2D eigenvalue weighted by Crippen LogP contribution is 2.25. The molecule has 108 valence electrons. The van der Waals surface area contributed by atoms with E-state index in [1.165, 1.54) is 4.88 Å². The van der Waals surface area contributed by atoms with Gasteiger partial charge in [0, 0.05) is 10.6 Å². The molecule has 0 bridgehead atoms. The van der Waals surface area contributed by atoms with Crippen LogP contribution >= 0.6 is 11.3 Å². The number of nitrogens with one attached hydrogen (secondary N) is 1. The van der Waals surface area contributed by atoms with E-state index in [-0.39, 0.29) is 6.04 Å². The van der Waals surface area contributed by atoms with Crippen LogP contribution in [0.5, 0.6) is 0 Å². The molecule has 1 aromatic carbocycles. The molecule has 3 aromatic rings. The number of aryl methyl sites for hydroxylation is 2. The van der Waals surface area contributed by atoms with Gasteiger partial charge >= 0.3 is 0 Å². The number of aromatic nitrogens is 5. The van der Waals surface area contributed by atoms with Gasteiger partial charge < -0.3 is 5.32 Å². The molecule has 6 nitrogen and oxygen atoms in total. The quantitative estimate of drug-likeness (QED) is 0.802. The second kappa shape index (κ2) is 5.61. The highest BCUT2D eigenvalue weighted by molar-refractivity contribution is 7.11. The van der Waals surface area contributed by atoms with E-state index in [0.29, 0.717) is 0 Å². The largest absolute Gasteiger partial charge is 0.377 e. The van der Waals surface area contributed by atoms with Gasteiger partial charge in [-0.15, -0.1) is 16.4 Å². The first-order valence-electron chi connectivity index (χ1n) is 6.67. The molecule has 1 atom stereocenters. The van der Waals surface area contributed by atoms with Crippen molar-refractivity contribution in [3.63, 3.8) is 0 Å². The zero-order valence-corrected chi connectivity index (χ0v) is 12.9. The molecule has 1 unspecified atom stereocenters. The van der Waals surface area contributed by atoms with Gasteiger partial charge in [0.15, 0.2) is 0 Å². The lowest BCUT2D eigenvalue weighted by molar-refractivity contribution is 0.788. The molecule has 1 N–H and O–H groups in total. The highest BCUT2D eigenvalue weighted by atomic mass is 32.1. The van der Waals surface area contributed by atoms with Crippen molar-refractivity contribution in [3.05, 3.63) is 46.2 Å². The summed E-state index contributed by atoms with van der Waals surface area (Å²) in [7, 11) is 0. The summed E-state index contributed by atoms with van der Waals surface area (Å²) in [5, 5.41) is 15.7. The third-order valence-corrected chi connectivity index (χ3v) is 4.12. The minimum atomic E-state index is 0.175. The van der Waals surface area contributed by atoms with Gasteiger partial charge in [-0.2, -0.15) is 0 Å². The standard InChI is InChI=1S/C14H16N6S/c1-9(14-10(2)21-11(3)17-14)16-12-4-6-13(7-5-12)20-8-15-18-19-20/h4-9,16H,1-3H3. The van der Waals surface area contributed by atoms with E-state index in [4.69, 9.17) is 0 Å². The molecule has 2 heterocycles. The molecule has 0 spiro atoms. The summed E-state index contributed by atoms with van der Waals surface area (Å²) in [6.45, 7) is 6.27. The molecular weight excluding hydrogens is 284 g/mol. The van der Waals surface area contributed by atoms with E-state index in [1.54, 1.807) is 22.3 Å².